The first-order valence-corrected chi connectivity index (χ1v) is 11.0. The van der Waals surface area contributed by atoms with Crippen LogP contribution in [-0.2, 0) is 4.79 Å². The highest BCUT2D eigenvalue weighted by Crippen LogP contribution is 2.30. The minimum Gasteiger partial charge on any atom is -0.459 e. The Bertz CT molecular complexity index is 1310. The summed E-state index contributed by atoms with van der Waals surface area (Å²) in [5, 5.41) is 9.45. The molecule has 33 heavy (non-hydrogen) atoms. The van der Waals surface area contributed by atoms with Gasteiger partial charge in [0.25, 0.3) is 5.91 Å². The number of imidazole rings is 1. The number of pyridine rings is 1. The van der Waals surface area contributed by atoms with Gasteiger partial charge < -0.3 is 25.4 Å². The zero-order valence-corrected chi connectivity index (χ0v) is 18.3. The van der Waals surface area contributed by atoms with Gasteiger partial charge in [-0.2, -0.15) is 0 Å². The first-order valence-electron chi connectivity index (χ1n) is 10.6. The van der Waals surface area contributed by atoms with E-state index in [1.165, 1.54) is 6.26 Å². The lowest BCUT2D eigenvalue weighted by molar-refractivity contribution is -0.120. The molecule has 4 N–H and O–H groups in total. The quantitative estimate of drug-likeness (QED) is 0.353. The molecule has 5 rings (SSSR count). The molecule has 0 unspecified atom stereocenters. The van der Waals surface area contributed by atoms with E-state index in [1.807, 2.05) is 0 Å². The fourth-order valence-corrected chi connectivity index (χ4v) is 4.02. The van der Waals surface area contributed by atoms with Gasteiger partial charge in [0, 0.05) is 17.2 Å². The number of aromatic nitrogens is 3. The van der Waals surface area contributed by atoms with Gasteiger partial charge in [-0.25, -0.2) is 9.97 Å². The smallest absolute Gasteiger partial charge is 0.291 e. The van der Waals surface area contributed by atoms with Crippen molar-refractivity contribution < 1.29 is 14.0 Å². The molecule has 0 saturated carbocycles. The van der Waals surface area contributed by atoms with Gasteiger partial charge >= 0.3 is 0 Å². The maximum absolute atomic E-state index is 12.5. The topological polar surface area (TPSA) is 125 Å². The molecule has 4 heterocycles. The van der Waals surface area contributed by atoms with Gasteiger partial charge in [0.15, 0.2) is 11.4 Å². The summed E-state index contributed by atoms with van der Waals surface area (Å²) in [5.41, 5.74) is 2.90. The van der Waals surface area contributed by atoms with Crippen LogP contribution in [0.1, 0.15) is 23.4 Å². The minimum absolute atomic E-state index is 0.000401. The van der Waals surface area contributed by atoms with Crippen LogP contribution in [-0.4, -0.2) is 39.9 Å². The molecule has 168 valence electrons. The predicted octanol–water partition coefficient (Wildman–Crippen LogP) is 4.06. The molecule has 0 aliphatic carbocycles. The molecular weight excluding hydrogens is 444 g/mol. The van der Waals surface area contributed by atoms with Crippen molar-refractivity contribution in [2.45, 2.75) is 12.8 Å². The Kier molecular flexibility index (Phi) is 5.80. The van der Waals surface area contributed by atoms with Crippen LogP contribution in [0.3, 0.4) is 0 Å². The van der Waals surface area contributed by atoms with E-state index in [-0.39, 0.29) is 23.5 Å². The van der Waals surface area contributed by atoms with Crippen molar-refractivity contribution in [3.63, 3.8) is 0 Å². The number of furan rings is 1. The van der Waals surface area contributed by atoms with Crippen LogP contribution in [0.25, 0.3) is 22.6 Å². The molecule has 0 atom stereocenters. The van der Waals surface area contributed by atoms with Crippen LogP contribution < -0.4 is 16.0 Å². The van der Waals surface area contributed by atoms with Crippen LogP contribution in [0.2, 0.25) is 5.02 Å². The van der Waals surface area contributed by atoms with E-state index in [9.17, 15) is 9.59 Å². The minimum atomic E-state index is -0.367. The number of anilines is 2. The van der Waals surface area contributed by atoms with Gasteiger partial charge in [0.1, 0.15) is 5.82 Å². The fraction of sp³-hybridized carbons (Fsp3) is 0.217. The lowest BCUT2D eigenvalue weighted by atomic mass is 9.97. The van der Waals surface area contributed by atoms with E-state index in [0.29, 0.717) is 38.9 Å². The average Bonchev–Trinajstić information content (AvgIpc) is 3.51. The summed E-state index contributed by atoms with van der Waals surface area (Å²) in [4.78, 5) is 36.9. The van der Waals surface area contributed by atoms with E-state index >= 15 is 0 Å². The Morgan fingerprint density at radius 1 is 1.09 bits per heavy atom. The Labute approximate surface area is 193 Å². The molecule has 1 aromatic carbocycles. The van der Waals surface area contributed by atoms with Crippen LogP contribution in [0.15, 0.2) is 53.3 Å². The number of benzene rings is 1. The largest absolute Gasteiger partial charge is 0.459 e. The molecule has 1 fully saturated rings. The van der Waals surface area contributed by atoms with Crippen molar-refractivity contribution in [1.29, 1.82) is 0 Å². The lowest BCUT2D eigenvalue weighted by Crippen LogP contribution is -2.34. The second-order valence-corrected chi connectivity index (χ2v) is 8.23. The van der Waals surface area contributed by atoms with E-state index in [2.05, 4.69) is 30.9 Å². The Morgan fingerprint density at radius 2 is 1.94 bits per heavy atom. The molecule has 10 heteroatoms. The SMILES string of the molecule is O=C(Nc1ccc(Cl)c(-c2nc3ncc(NC(=O)C4CCNCC4)cc3[nH]2)c1)c1ccco1. The molecule has 0 bridgehead atoms. The summed E-state index contributed by atoms with van der Waals surface area (Å²) in [6, 6.07) is 10.1. The van der Waals surface area contributed by atoms with Gasteiger partial charge in [-0.1, -0.05) is 11.6 Å². The Hall–Kier alpha value is -3.69. The maximum atomic E-state index is 12.5. The van der Waals surface area contributed by atoms with Gasteiger partial charge in [-0.3, -0.25) is 9.59 Å². The third-order valence-corrected chi connectivity index (χ3v) is 5.87. The number of aromatic amines is 1. The fourth-order valence-electron chi connectivity index (χ4n) is 3.81. The summed E-state index contributed by atoms with van der Waals surface area (Å²) >= 11 is 6.41. The summed E-state index contributed by atoms with van der Waals surface area (Å²) < 4.78 is 5.13. The van der Waals surface area contributed by atoms with E-state index in [1.54, 1.807) is 42.6 Å². The molecule has 1 aliphatic heterocycles. The number of fused-ring (bicyclic) bond motifs is 1. The number of carbonyl (C=O) groups is 2. The number of nitrogens with zero attached hydrogens (tertiary/aromatic N) is 2. The zero-order chi connectivity index (χ0) is 22.8. The van der Waals surface area contributed by atoms with Crippen molar-refractivity contribution in [2.24, 2.45) is 5.92 Å². The molecule has 0 radical (unpaired) electrons. The highest BCUT2D eigenvalue weighted by molar-refractivity contribution is 6.33. The molecule has 1 saturated heterocycles. The number of piperidine rings is 1. The molecule has 1 aliphatic rings. The summed E-state index contributed by atoms with van der Waals surface area (Å²) in [7, 11) is 0. The Morgan fingerprint density at radius 3 is 2.73 bits per heavy atom. The number of rotatable bonds is 5. The van der Waals surface area contributed by atoms with Crippen molar-refractivity contribution in [1.82, 2.24) is 20.3 Å². The average molecular weight is 465 g/mol. The van der Waals surface area contributed by atoms with Crippen LogP contribution in [0.4, 0.5) is 11.4 Å². The molecule has 3 aromatic heterocycles. The standard InChI is InChI=1S/C23H21ClN6O3/c24-17-4-3-14(27-23(32)19-2-1-9-33-19)10-16(17)20-29-18-11-15(12-26-21(18)30-20)28-22(31)13-5-7-25-8-6-13/h1-4,9-13,25H,5-8H2,(H,27,32)(H,28,31)(H,26,29,30). The van der Waals surface area contributed by atoms with Crippen molar-refractivity contribution in [3.05, 3.63) is 59.6 Å². The number of carbonyl (C=O) groups excluding carboxylic acids is 2. The number of halogens is 1. The highest BCUT2D eigenvalue weighted by atomic mass is 35.5. The monoisotopic (exact) mass is 464 g/mol. The normalized spacial score (nSPS) is 14.3. The third-order valence-electron chi connectivity index (χ3n) is 5.54. The van der Waals surface area contributed by atoms with Gasteiger partial charge in [0.2, 0.25) is 5.91 Å². The van der Waals surface area contributed by atoms with E-state index < -0.39 is 0 Å². The second-order valence-electron chi connectivity index (χ2n) is 7.82. The molecule has 4 aromatic rings. The lowest BCUT2D eigenvalue weighted by Gasteiger charge is -2.21. The third kappa shape index (κ3) is 4.59. The maximum Gasteiger partial charge on any atom is 0.291 e. The van der Waals surface area contributed by atoms with E-state index in [4.69, 9.17) is 16.0 Å². The van der Waals surface area contributed by atoms with Crippen LogP contribution in [0, 0.1) is 5.92 Å². The summed E-state index contributed by atoms with van der Waals surface area (Å²) in [6.45, 7) is 1.70. The predicted molar refractivity (Wildman–Crippen MR) is 125 cm³/mol. The van der Waals surface area contributed by atoms with Crippen molar-refractivity contribution in [3.8, 4) is 11.4 Å². The van der Waals surface area contributed by atoms with Crippen LogP contribution >= 0.6 is 11.6 Å². The van der Waals surface area contributed by atoms with Crippen molar-refractivity contribution >= 4 is 46.0 Å². The van der Waals surface area contributed by atoms with Gasteiger partial charge in [0.05, 0.1) is 28.7 Å². The Balaban J connectivity index is 1.37. The molecule has 9 nitrogen and oxygen atoms in total. The van der Waals surface area contributed by atoms with Gasteiger partial charge in [-0.15, -0.1) is 0 Å². The molecular formula is C23H21ClN6O3. The number of nitrogens with one attached hydrogen (secondary N) is 4. The van der Waals surface area contributed by atoms with Crippen molar-refractivity contribution in [2.75, 3.05) is 23.7 Å². The zero-order valence-electron chi connectivity index (χ0n) is 17.5. The first-order chi connectivity index (χ1) is 16.1. The number of amides is 2. The summed E-state index contributed by atoms with van der Waals surface area (Å²) in [5.74, 6) is 0.336. The second kappa shape index (κ2) is 9.05. The number of hydrogen-bond donors (Lipinski definition) is 4. The number of hydrogen-bond acceptors (Lipinski definition) is 6. The number of H-pyrrole nitrogens is 1. The summed E-state index contributed by atoms with van der Waals surface area (Å²) in [6.07, 6.45) is 4.67. The van der Waals surface area contributed by atoms with E-state index in [0.717, 1.165) is 25.9 Å². The van der Waals surface area contributed by atoms with Crippen LogP contribution in [0.5, 0.6) is 0 Å². The van der Waals surface area contributed by atoms with Gasteiger partial charge in [-0.05, 0) is 62.3 Å². The first kappa shape index (κ1) is 21.2. The molecule has 0 spiro atoms. The molecule has 2 amide bonds. The highest BCUT2D eigenvalue weighted by Gasteiger charge is 2.21.